The van der Waals surface area contributed by atoms with Gasteiger partial charge in [0, 0.05) is 37.2 Å². The molecule has 0 radical (unpaired) electrons. The van der Waals surface area contributed by atoms with Crippen LogP contribution in [-0.2, 0) is 26.4 Å². The predicted molar refractivity (Wildman–Crippen MR) is 138 cm³/mol. The van der Waals surface area contributed by atoms with E-state index in [2.05, 4.69) is 15.0 Å². The Morgan fingerprint density at radius 3 is 2.44 bits per heavy atom. The fourth-order valence-corrected chi connectivity index (χ4v) is 8.21. The van der Waals surface area contributed by atoms with Crippen LogP contribution in [0.3, 0.4) is 0 Å². The van der Waals surface area contributed by atoms with Gasteiger partial charge in [0.1, 0.15) is 0 Å². The molecule has 0 saturated heterocycles. The van der Waals surface area contributed by atoms with Gasteiger partial charge in [0.15, 0.2) is 0 Å². The molecule has 3 atom stereocenters. The van der Waals surface area contributed by atoms with Gasteiger partial charge >= 0.3 is 0 Å². The Hall–Kier alpha value is -2.69. The summed E-state index contributed by atoms with van der Waals surface area (Å²) in [5.41, 5.74) is 1.40. The molecule has 36 heavy (non-hydrogen) atoms. The zero-order valence-electron chi connectivity index (χ0n) is 20.3. The predicted octanol–water partition coefficient (Wildman–Crippen LogP) is 3.99. The number of sulfone groups is 1. The van der Waals surface area contributed by atoms with E-state index in [0.717, 1.165) is 11.6 Å². The van der Waals surface area contributed by atoms with Crippen molar-refractivity contribution < 1.29 is 16.8 Å². The maximum Gasteiger partial charge on any atom is 0.240 e. The number of aryl methyl sites for hydroxylation is 2. The fourth-order valence-electron chi connectivity index (χ4n) is 5.50. The molecule has 3 aromatic rings. The summed E-state index contributed by atoms with van der Waals surface area (Å²) in [6.07, 6.45) is 10.8. The van der Waals surface area contributed by atoms with Crippen LogP contribution in [0, 0.1) is 18.8 Å². The van der Waals surface area contributed by atoms with Crippen LogP contribution in [-0.4, -0.2) is 39.0 Å². The number of fused-ring (bicyclic) bond motifs is 2. The Bertz CT molecular complexity index is 1420. The second-order valence-electron chi connectivity index (χ2n) is 9.93. The zero-order chi connectivity index (χ0) is 25.3. The van der Waals surface area contributed by atoms with Crippen LogP contribution in [0.2, 0.25) is 0 Å². The molecule has 5 rings (SSSR count). The topological polar surface area (TPSA) is 110 Å². The zero-order valence-corrected chi connectivity index (χ0v) is 21.9. The van der Waals surface area contributed by atoms with E-state index in [0.29, 0.717) is 30.5 Å². The number of hydrogen-bond acceptors (Lipinski definition) is 6. The molecule has 2 bridgehead atoms. The fraction of sp³-hybridized carbons (Fsp3) is 0.423. The molecule has 8 nitrogen and oxygen atoms in total. The number of imidazole rings is 1. The van der Waals surface area contributed by atoms with Gasteiger partial charge in [-0.2, -0.15) is 0 Å². The maximum atomic E-state index is 13.3. The molecule has 2 aromatic carbocycles. The van der Waals surface area contributed by atoms with Crippen LogP contribution in [0.5, 0.6) is 0 Å². The molecule has 1 aromatic heterocycles. The Kier molecular flexibility index (Phi) is 6.93. The molecule has 1 heterocycles. The number of nitrogens with one attached hydrogen (secondary N) is 2. The van der Waals surface area contributed by atoms with Crippen molar-refractivity contribution in [1.29, 1.82) is 0 Å². The highest BCUT2D eigenvalue weighted by Crippen LogP contribution is 2.45. The summed E-state index contributed by atoms with van der Waals surface area (Å²) in [6.45, 7) is 2.52. The van der Waals surface area contributed by atoms with Crippen molar-refractivity contribution >= 4 is 25.5 Å². The summed E-state index contributed by atoms with van der Waals surface area (Å²) in [5.74, 6) is 1.54. The number of benzene rings is 2. The Morgan fingerprint density at radius 1 is 1.00 bits per heavy atom. The van der Waals surface area contributed by atoms with Gasteiger partial charge in [-0.15, -0.1) is 0 Å². The van der Waals surface area contributed by atoms with Crippen LogP contribution in [0.15, 0.2) is 75.9 Å². The largest absolute Gasteiger partial charge is 0.382 e. The Labute approximate surface area is 213 Å². The smallest absolute Gasteiger partial charge is 0.240 e. The number of anilines is 1. The van der Waals surface area contributed by atoms with Crippen molar-refractivity contribution in [2.24, 2.45) is 11.8 Å². The molecular weight excluding hydrogens is 496 g/mol. The quantitative estimate of drug-likeness (QED) is 0.385. The normalized spacial score (nSPS) is 21.6. The summed E-state index contributed by atoms with van der Waals surface area (Å²) >= 11 is 0. The van der Waals surface area contributed by atoms with E-state index >= 15 is 0 Å². The number of nitrogens with zero attached hydrogens (tertiary/aromatic N) is 2. The van der Waals surface area contributed by atoms with Crippen LogP contribution < -0.4 is 10.0 Å². The van der Waals surface area contributed by atoms with Crippen LogP contribution in [0.25, 0.3) is 0 Å². The monoisotopic (exact) mass is 528 g/mol. The van der Waals surface area contributed by atoms with E-state index in [1.807, 2.05) is 10.8 Å². The van der Waals surface area contributed by atoms with Gasteiger partial charge in [0.05, 0.1) is 21.0 Å². The van der Waals surface area contributed by atoms with Gasteiger partial charge < -0.3 is 9.88 Å². The van der Waals surface area contributed by atoms with E-state index in [9.17, 15) is 16.8 Å². The molecule has 10 heteroatoms. The third-order valence-corrected chi connectivity index (χ3v) is 10.8. The van der Waals surface area contributed by atoms with Crippen molar-refractivity contribution in [2.75, 3.05) is 11.9 Å². The van der Waals surface area contributed by atoms with Crippen molar-refractivity contribution in [3.63, 3.8) is 0 Å². The Balaban J connectivity index is 1.28. The molecule has 2 fully saturated rings. The van der Waals surface area contributed by atoms with E-state index in [1.54, 1.807) is 43.7 Å². The molecule has 2 saturated carbocycles. The standard InChI is InChI=1S/C26H32N4O4S2/c1-19-3-8-24(17-26(19)36(33,34)28-11-2-13-30-14-12-27-18-30)35(31,32)23-9-6-22(7-10-23)29-25-16-20-4-5-21(25)15-20/h3,6-10,12,14,17-18,20-21,25,28-29H,2,4-5,11,13,15-16H2,1H3/t20-,21-,25-/m1/s1. The van der Waals surface area contributed by atoms with Crippen LogP contribution >= 0.6 is 0 Å². The molecule has 0 amide bonds. The highest BCUT2D eigenvalue weighted by Gasteiger charge is 2.39. The minimum atomic E-state index is -3.88. The van der Waals surface area contributed by atoms with Gasteiger partial charge in [0.2, 0.25) is 19.9 Å². The number of sulfonamides is 1. The first-order valence-corrected chi connectivity index (χ1v) is 15.4. The summed E-state index contributed by atoms with van der Waals surface area (Å²) in [7, 11) is -7.75. The minimum Gasteiger partial charge on any atom is -0.382 e. The highest BCUT2D eigenvalue weighted by molar-refractivity contribution is 7.91. The molecule has 2 N–H and O–H groups in total. The van der Waals surface area contributed by atoms with Gasteiger partial charge in [-0.25, -0.2) is 26.5 Å². The molecule has 0 spiro atoms. The second kappa shape index (κ2) is 9.99. The van der Waals surface area contributed by atoms with Crippen molar-refractivity contribution in [2.45, 2.75) is 66.3 Å². The van der Waals surface area contributed by atoms with Crippen molar-refractivity contribution in [3.8, 4) is 0 Å². The van der Waals surface area contributed by atoms with E-state index < -0.39 is 19.9 Å². The lowest BCUT2D eigenvalue weighted by atomic mass is 9.95. The third kappa shape index (κ3) is 5.21. The summed E-state index contributed by atoms with van der Waals surface area (Å²) in [4.78, 5) is 4.04. The maximum absolute atomic E-state index is 13.3. The molecule has 192 valence electrons. The lowest BCUT2D eigenvalue weighted by Crippen LogP contribution is -2.26. The molecule has 0 unspecified atom stereocenters. The van der Waals surface area contributed by atoms with E-state index in [-0.39, 0.29) is 21.2 Å². The lowest BCUT2D eigenvalue weighted by molar-refractivity contribution is 0.440. The first-order chi connectivity index (χ1) is 17.2. The first-order valence-electron chi connectivity index (χ1n) is 12.4. The third-order valence-electron chi connectivity index (χ3n) is 7.46. The van der Waals surface area contributed by atoms with Gasteiger partial charge in [-0.3, -0.25) is 0 Å². The van der Waals surface area contributed by atoms with Crippen LogP contribution in [0.1, 0.15) is 37.7 Å². The summed E-state index contributed by atoms with van der Waals surface area (Å²) in [5, 5.41) is 3.57. The lowest BCUT2D eigenvalue weighted by Gasteiger charge is -2.24. The van der Waals surface area contributed by atoms with E-state index in [1.165, 1.54) is 43.9 Å². The Morgan fingerprint density at radius 2 is 1.78 bits per heavy atom. The minimum absolute atomic E-state index is 0.0271. The van der Waals surface area contributed by atoms with Crippen LogP contribution in [0.4, 0.5) is 5.69 Å². The molecular formula is C26H32N4O4S2. The molecule has 2 aliphatic carbocycles. The average molecular weight is 529 g/mol. The summed E-state index contributed by atoms with van der Waals surface area (Å²) < 4.78 is 57.0. The average Bonchev–Trinajstić information content (AvgIpc) is 3.61. The highest BCUT2D eigenvalue weighted by atomic mass is 32.2. The van der Waals surface area contributed by atoms with Crippen molar-refractivity contribution in [3.05, 3.63) is 66.7 Å². The second-order valence-corrected chi connectivity index (χ2v) is 13.6. The molecule has 2 aliphatic rings. The number of hydrogen-bond donors (Lipinski definition) is 2. The first kappa shape index (κ1) is 25.0. The SMILES string of the molecule is Cc1ccc(S(=O)(=O)c2ccc(N[C@@H]3C[C@@H]4CC[C@@H]3C4)cc2)cc1S(=O)(=O)NCCCn1ccnc1. The summed E-state index contributed by atoms with van der Waals surface area (Å²) in [6, 6.07) is 11.5. The number of aromatic nitrogens is 2. The molecule has 0 aliphatic heterocycles. The van der Waals surface area contributed by atoms with Gasteiger partial charge in [-0.1, -0.05) is 12.5 Å². The van der Waals surface area contributed by atoms with Gasteiger partial charge in [0.25, 0.3) is 0 Å². The number of rotatable bonds is 10. The van der Waals surface area contributed by atoms with Gasteiger partial charge in [-0.05, 0) is 86.4 Å². The van der Waals surface area contributed by atoms with E-state index in [4.69, 9.17) is 0 Å². The van der Waals surface area contributed by atoms with Crippen molar-refractivity contribution in [1.82, 2.24) is 14.3 Å².